The smallest absolute Gasteiger partial charge is 0.255 e. The first-order valence-electron chi connectivity index (χ1n) is 8.53. The molecule has 1 aromatic heterocycles. The van der Waals surface area contributed by atoms with Crippen LogP contribution in [0.1, 0.15) is 27.1 Å². The van der Waals surface area contributed by atoms with Crippen molar-refractivity contribution < 1.29 is 14.0 Å². The molecule has 138 valence electrons. The molecule has 0 radical (unpaired) electrons. The molecule has 0 saturated carbocycles. The number of halogens is 1. The van der Waals surface area contributed by atoms with Crippen LogP contribution in [0.3, 0.4) is 0 Å². The van der Waals surface area contributed by atoms with E-state index in [0.717, 1.165) is 13.0 Å². The van der Waals surface area contributed by atoms with Gasteiger partial charge in [0, 0.05) is 31.0 Å². The quantitative estimate of drug-likeness (QED) is 0.631. The van der Waals surface area contributed by atoms with Crippen LogP contribution in [0.15, 0.2) is 67.3 Å². The van der Waals surface area contributed by atoms with E-state index < -0.39 is 11.7 Å². The number of nitrogens with zero attached hydrogens (tertiary/aromatic N) is 2. The van der Waals surface area contributed by atoms with E-state index in [-0.39, 0.29) is 5.91 Å². The third kappa shape index (κ3) is 5.01. The number of hydrogen-bond donors (Lipinski definition) is 2. The van der Waals surface area contributed by atoms with E-state index in [2.05, 4.69) is 15.6 Å². The predicted molar refractivity (Wildman–Crippen MR) is 100.0 cm³/mol. The van der Waals surface area contributed by atoms with Crippen LogP contribution in [-0.2, 0) is 6.54 Å². The van der Waals surface area contributed by atoms with Gasteiger partial charge in [0.25, 0.3) is 11.8 Å². The van der Waals surface area contributed by atoms with Crippen LogP contribution in [-0.4, -0.2) is 27.9 Å². The molecule has 7 heteroatoms. The zero-order chi connectivity index (χ0) is 19.1. The van der Waals surface area contributed by atoms with Gasteiger partial charge < -0.3 is 15.2 Å². The first-order chi connectivity index (χ1) is 13.1. The second-order valence-corrected chi connectivity index (χ2v) is 5.92. The Morgan fingerprint density at radius 2 is 1.81 bits per heavy atom. The first kappa shape index (κ1) is 18.3. The molecule has 2 amide bonds. The molecule has 2 N–H and O–H groups in total. The predicted octanol–water partition coefficient (Wildman–Crippen LogP) is 3.09. The van der Waals surface area contributed by atoms with E-state index in [1.54, 1.807) is 36.8 Å². The zero-order valence-corrected chi connectivity index (χ0v) is 14.6. The number of aromatic nitrogens is 2. The number of rotatable bonds is 7. The third-order valence-electron chi connectivity index (χ3n) is 3.96. The molecule has 0 atom stereocenters. The van der Waals surface area contributed by atoms with Crippen LogP contribution in [0.2, 0.25) is 0 Å². The minimum absolute atomic E-state index is 0.268. The second kappa shape index (κ2) is 8.75. The Bertz CT molecular complexity index is 908. The molecule has 0 aliphatic heterocycles. The van der Waals surface area contributed by atoms with Crippen molar-refractivity contribution in [2.24, 2.45) is 0 Å². The maximum atomic E-state index is 13.0. The summed E-state index contributed by atoms with van der Waals surface area (Å²) in [6, 6.07) is 12.0. The monoisotopic (exact) mass is 366 g/mol. The van der Waals surface area contributed by atoms with E-state index in [9.17, 15) is 14.0 Å². The van der Waals surface area contributed by atoms with Crippen molar-refractivity contribution in [3.63, 3.8) is 0 Å². The Kier molecular flexibility index (Phi) is 5.94. The number of imidazole rings is 1. The largest absolute Gasteiger partial charge is 0.352 e. The maximum absolute atomic E-state index is 13.0. The van der Waals surface area contributed by atoms with Gasteiger partial charge in [-0.2, -0.15) is 0 Å². The second-order valence-electron chi connectivity index (χ2n) is 5.92. The summed E-state index contributed by atoms with van der Waals surface area (Å²) in [6.45, 7) is 1.25. The fourth-order valence-corrected chi connectivity index (χ4v) is 2.56. The normalized spacial score (nSPS) is 10.4. The number of anilines is 1. The number of carbonyl (C=O) groups excluding carboxylic acids is 2. The first-order valence-corrected chi connectivity index (χ1v) is 8.53. The molecule has 0 spiro atoms. The summed E-state index contributed by atoms with van der Waals surface area (Å²) in [5.41, 5.74) is 1.08. The number of aryl methyl sites for hydroxylation is 1. The van der Waals surface area contributed by atoms with Crippen molar-refractivity contribution in [2.45, 2.75) is 13.0 Å². The zero-order valence-electron chi connectivity index (χ0n) is 14.6. The third-order valence-corrected chi connectivity index (χ3v) is 3.96. The molecular formula is C20H19FN4O2. The van der Waals surface area contributed by atoms with E-state index in [4.69, 9.17) is 0 Å². The molecule has 0 saturated heterocycles. The molecule has 27 heavy (non-hydrogen) atoms. The van der Waals surface area contributed by atoms with Crippen LogP contribution in [0, 0.1) is 5.82 Å². The number of carbonyl (C=O) groups is 2. The molecule has 0 fully saturated rings. The highest BCUT2D eigenvalue weighted by molar-refractivity contribution is 6.08. The standard InChI is InChI=1S/C20H19FN4O2/c21-16-8-6-15(7-9-16)19(26)24-18-5-2-1-4-17(18)20(27)23-10-3-12-25-13-11-22-14-25/h1-2,4-9,11,13-14H,3,10,12H2,(H,23,27)(H,24,26). The highest BCUT2D eigenvalue weighted by Crippen LogP contribution is 2.16. The fraction of sp³-hybridized carbons (Fsp3) is 0.150. The topological polar surface area (TPSA) is 76.0 Å². The van der Waals surface area contributed by atoms with E-state index in [1.165, 1.54) is 24.3 Å². The molecule has 0 aliphatic carbocycles. The summed E-state index contributed by atoms with van der Waals surface area (Å²) < 4.78 is 14.9. The highest BCUT2D eigenvalue weighted by atomic mass is 19.1. The summed E-state index contributed by atoms with van der Waals surface area (Å²) >= 11 is 0. The lowest BCUT2D eigenvalue weighted by molar-refractivity contribution is 0.0953. The van der Waals surface area contributed by atoms with E-state index >= 15 is 0 Å². The van der Waals surface area contributed by atoms with Gasteiger partial charge in [0.2, 0.25) is 0 Å². The fourth-order valence-electron chi connectivity index (χ4n) is 2.56. The molecular weight excluding hydrogens is 347 g/mol. The molecule has 6 nitrogen and oxygen atoms in total. The van der Waals surface area contributed by atoms with Crippen molar-refractivity contribution in [3.8, 4) is 0 Å². The average molecular weight is 366 g/mol. The average Bonchev–Trinajstić information content (AvgIpc) is 3.19. The van der Waals surface area contributed by atoms with Crippen LogP contribution in [0.5, 0.6) is 0 Å². The number of benzene rings is 2. The minimum atomic E-state index is -0.415. The molecule has 0 unspecified atom stereocenters. The van der Waals surface area contributed by atoms with Crippen LogP contribution >= 0.6 is 0 Å². The summed E-state index contributed by atoms with van der Waals surface area (Å²) in [5.74, 6) is -1.09. The number of amides is 2. The SMILES string of the molecule is O=C(Nc1ccccc1C(=O)NCCCn1ccnc1)c1ccc(F)cc1. The summed E-state index contributed by atoms with van der Waals surface area (Å²) in [5, 5.41) is 5.55. The Morgan fingerprint density at radius 3 is 2.56 bits per heavy atom. The molecule has 2 aromatic carbocycles. The summed E-state index contributed by atoms with van der Waals surface area (Å²) in [6.07, 6.45) is 6.05. The lowest BCUT2D eigenvalue weighted by atomic mass is 10.1. The van der Waals surface area contributed by atoms with Gasteiger partial charge >= 0.3 is 0 Å². The van der Waals surface area contributed by atoms with Crippen LogP contribution in [0.4, 0.5) is 10.1 Å². The van der Waals surface area contributed by atoms with Gasteiger partial charge in [-0.05, 0) is 42.8 Å². The molecule has 0 bridgehead atoms. The Morgan fingerprint density at radius 1 is 1.04 bits per heavy atom. The molecule has 3 rings (SSSR count). The van der Waals surface area contributed by atoms with Crippen molar-refractivity contribution in [2.75, 3.05) is 11.9 Å². The maximum Gasteiger partial charge on any atom is 0.255 e. The van der Waals surface area contributed by atoms with Gasteiger partial charge in [0.05, 0.1) is 17.6 Å². The van der Waals surface area contributed by atoms with Gasteiger partial charge in [0.15, 0.2) is 0 Å². The lowest BCUT2D eigenvalue weighted by Crippen LogP contribution is -2.26. The van der Waals surface area contributed by atoms with Gasteiger partial charge in [-0.25, -0.2) is 9.37 Å². The van der Waals surface area contributed by atoms with Gasteiger partial charge in [-0.1, -0.05) is 12.1 Å². The minimum Gasteiger partial charge on any atom is -0.352 e. The molecule has 3 aromatic rings. The van der Waals surface area contributed by atoms with Gasteiger partial charge in [0.1, 0.15) is 5.82 Å². The Hall–Kier alpha value is -3.48. The van der Waals surface area contributed by atoms with Crippen molar-refractivity contribution in [1.29, 1.82) is 0 Å². The van der Waals surface area contributed by atoms with Crippen molar-refractivity contribution in [3.05, 3.63) is 84.2 Å². The van der Waals surface area contributed by atoms with Crippen LogP contribution < -0.4 is 10.6 Å². The molecule has 1 heterocycles. The number of hydrogen-bond acceptors (Lipinski definition) is 3. The van der Waals surface area contributed by atoms with E-state index in [1.807, 2.05) is 10.8 Å². The Balaban J connectivity index is 1.59. The lowest BCUT2D eigenvalue weighted by Gasteiger charge is -2.11. The van der Waals surface area contributed by atoms with Crippen LogP contribution in [0.25, 0.3) is 0 Å². The van der Waals surface area contributed by atoms with Crippen molar-refractivity contribution in [1.82, 2.24) is 14.9 Å². The van der Waals surface area contributed by atoms with E-state index in [0.29, 0.717) is 23.4 Å². The highest BCUT2D eigenvalue weighted by Gasteiger charge is 2.13. The summed E-state index contributed by atoms with van der Waals surface area (Å²) in [7, 11) is 0. The number of para-hydroxylation sites is 1. The van der Waals surface area contributed by atoms with Crippen molar-refractivity contribution >= 4 is 17.5 Å². The Labute approximate surface area is 156 Å². The molecule has 0 aliphatic rings. The van der Waals surface area contributed by atoms with Gasteiger partial charge in [-0.15, -0.1) is 0 Å². The number of nitrogens with one attached hydrogen (secondary N) is 2. The summed E-state index contributed by atoms with van der Waals surface area (Å²) in [4.78, 5) is 28.7. The van der Waals surface area contributed by atoms with Gasteiger partial charge in [-0.3, -0.25) is 9.59 Å².